The molecule has 3 rings (SSSR count). The molecular formula is C17H12ClFO. The minimum Gasteiger partial charge on any atom is -0.488 e. The first-order valence-electron chi connectivity index (χ1n) is 6.28. The number of hydrogen-bond acceptors (Lipinski definition) is 1. The number of halogens is 2. The molecule has 100 valence electrons. The normalized spacial score (nSPS) is 10.7. The Bertz CT molecular complexity index is 750. The van der Waals surface area contributed by atoms with Gasteiger partial charge in [-0.25, -0.2) is 4.39 Å². The summed E-state index contributed by atoms with van der Waals surface area (Å²) < 4.78 is 19.0. The van der Waals surface area contributed by atoms with Gasteiger partial charge in [-0.3, -0.25) is 0 Å². The van der Waals surface area contributed by atoms with Crippen LogP contribution in [0.25, 0.3) is 10.8 Å². The molecule has 0 bridgehead atoms. The molecule has 0 aliphatic carbocycles. The molecule has 1 nitrogen and oxygen atoms in total. The van der Waals surface area contributed by atoms with Crippen LogP contribution in [0.15, 0.2) is 60.7 Å². The van der Waals surface area contributed by atoms with Crippen molar-refractivity contribution in [1.29, 1.82) is 0 Å². The molecule has 20 heavy (non-hydrogen) atoms. The van der Waals surface area contributed by atoms with E-state index >= 15 is 0 Å². The summed E-state index contributed by atoms with van der Waals surface area (Å²) in [7, 11) is 0. The van der Waals surface area contributed by atoms with E-state index in [2.05, 4.69) is 0 Å². The number of hydrogen-bond donors (Lipinski definition) is 0. The van der Waals surface area contributed by atoms with Gasteiger partial charge >= 0.3 is 0 Å². The summed E-state index contributed by atoms with van der Waals surface area (Å²) in [6.07, 6.45) is 0. The predicted octanol–water partition coefficient (Wildman–Crippen LogP) is 5.21. The lowest BCUT2D eigenvalue weighted by Gasteiger charge is -2.10. The van der Waals surface area contributed by atoms with Gasteiger partial charge in [-0.2, -0.15) is 0 Å². The highest BCUT2D eigenvalue weighted by Gasteiger charge is 2.05. The van der Waals surface area contributed by atoms with Crippen LogP contribution in [-0.4, -0.2) is 0 Å². The highest BCUT2D eigenvalue weighted by atomic mass is 35.5. The maximum atomic E-state index is 13.2. The fraction of sp³-hybridized carbons (Fsp3) is 0.0588. The largest absolute Gasteiger partial charge is 0.488 e. The van der Waals surface area contributed by atoms with Crippen LogP contribution in [0.4, 0.5) is 4.39 Å². The maximum absolute atomic E-state index is 13.2. The van der Waals surface area contributed by atoms with E-state index in [0.29, 0.717) is 10.6 Å². The first kappa shape index (κ1) is 12.9. The molecule has 0 aliphatic heterocycles. The number of rotatable bonds is 3. The molecule has 3 aromatic rings. The van der Waals surface area contributed by atoms with Crippen molar-refractivity contribution in [2.75, 3.05) is 0 Å². The molecule has 0 amide bonds. The molecule has 0 heterocycles. The van der Waals surface area contributed by atoms with Gasteiger partial charge in [0.1, 0.15) is 18.2 Å². The van der Waals surface area contributed by atoms with Crippen LogP contribution in [0.2, 0.25) is 5.02 Å². The molecule has 0 spiro atoms. The molecule has 0 saturated carbocycles. The summed E-state index contributed by atoms with van der Waals surface area (Å²) in [5.41, 5.74) is 0.639. The molecule has 0 saturated heterocycles. The third-order valence-electron chi connectivity index (χ3n) is 3.14. The first-order chi connectivity index (χ1) is 9.74. The molecule has 0 aromatic heterocycles. The summed E-state index contributed by atoms with van der Waals surface area (Å²) in [5, 5.41) is 2.64. The fourth-order valence-corrected chi connectivity index (χ4v) is 2.30. The van der Waals surface area contributed by atoms with Crippen molar-refractivity contribution in [2.24, 2.45) is 0 Å². The van der Waals surface area contributed by atoms with Crippen LogP contribution in [0.1, 0.15) is 5.56 Å². The van der Waals surface area contributed by atoms with Gasteiger partial charge in [0, 0.05) is 16.0 Å². The molecular weight excluding hydrogens is 275 g/mol. The van der Waals surface area contributed by atoms with E-state index in [1.165, 1.54) is 12.1 Å². The Balaban J connectivity index is 1.89. The Morgan fingerprint density at radius 2 is 1.75 bits per heavy atom. The lowest BCUT2D eigenvalue weighted by atomic mass is 10.1. The van der Waals surface area contributed by atoms with Gasteiger partial charge in [0.05, 0.1) is 0 Å². The zero-order valence-electron chi connectivity index (χ0n) is 10.6. The maximum Gasteiger partial charge on any atom is 0.127 e. The first-order valence-corrected chi connectivity index (χ1v) is 6.66. The average Bonchev–Trinajstić information content (AvgIpc) is 2.48. The van der Waals surface area contributed by atoms with Crippen LogP contribution < -0.4 is 4.74 Å². The van der Waals surface area contributed by atoms with E-state index < -0.39 is 0 Å². The summed E-state index contributed by atoms with van der Waals surface area (Å²) >= 11 is 6.03. The van der Waals surface area contributed by atoms with E-state index in [9.17, 15) is 4.39 Å². The van der Waals surface area contributed by atoms with Crippen LogP contribution >= 0.6 is 11.6 Å². The summed E-state index contributed by atoms with van der Waals surface area (Å²) in [6, 6.07) is 18.1. The Morgan fingerprint density at radius 3 is 2.65 bits per heavy atom. The lowest BCUT2D eigenvalue weighted by molar-refractivity contribution is 0.309. The second-order valence-electron chi connectivity index (χ2n) is 4.50. The SMILES string of the molecule is Fc1ccc(Cl)c(COc2cccc3ccccc23)c1. The third kappa shape index (κ3) is 2.61. The molecule has 0 radical (unpaired) electrons. The second kappa shape index (κ2) is 5.51. The molecule has 0 aliphatic rings. The zero-order valence-corrected chi connectivity index (χ0v) is 11.4. The summed E-state index contributed by atoms with van der Waals surface area (Å²) in [4.78, 5) is 0. The molecule has 3 aromatic carbocycles. The number of benzene rings is 3. The Hall–Kier alpha value is -2.06. The molecule has 0 unspecified atom stereocenters. The van der Waals surface area contributed by atoms with Crippen molar-refractivity contribution in [2.45, 2.75) is 6.61 Å². The number of ether oxygens (including phenoxy) is 1. The molecule has 3 heteroatoms. The van der Waals surface area contributed by atoms with Gasteiger partial charge < -0.3 is 4.74 Å². The van der Waals surface area contributed by atoms with Gasteiger partial charge in [-0.05, 0) is 29.7 Å². The van der Waals surface area contributed by atoms with Gasteiger partial charge in [0.25, 0.3) is 0 Å². The smallest absolute Gasteiger partial charge is 0.127 e. The Morgan fingerprint density at radius 1 is 0.950 bits per heavy atom. The highest BCUT2D eigenvalue weighted by Crippen LogP contribution is 2.27. The number of fused-ring (bicyclic) bond motifs is 1. The van der Waals surface area contributed by atoms with Crippen LogP contribution in [0, 0.1) is 5.82 Å². The second-order valence-corrected chi connectivity index (χ2v) is 4.91. The summed E-state index contributed by atoms with van der Waals surface area (Å²) in [5.74, 6) is 0.453. The van der Waals surface area contributed by atoms with Crippen molar-refractivity contribution >= 4 is 22.4 Å². The monoisotopic (exact) mass is 286 g/mol. The minimum absolute atomic E-state index is 0.241. The molecule has 0 N–H and O–H groups in total. The van der Waals surface area contributed by atoms with Crippen molar-refractivity contribution in [1.82, 2.24) is 0 Å². The van der Waals surface area contributed by atoms with Gasteiger partial charge in [-0.15, -0.1) is 0 Å². The van der Waals surface area contributed by atoms with Gasteiger partial charge in [0.15, 0.2) is 0 Å². The summed E-state index contributed by atoms with van der Waals surface area (Å²) in [6.45, 7) is 0.241. The average molecular weight is 287 g/mol. The quantitative estimate of drug-likeness (QED) is 0.642. The van der Waals surface area contributed by atoms with Gasteiger partial charge in [-0.1, -0.05) is 48.0 Å². The fourth-order valence-electron chi connectivity index (χ4n) is 2.13. The van der Waals surface area contributed by atoms with Gasteiger partial charge in [0.2, 0.25) is 0 Å². The third-order valence-corrected chi connectivity index (χ3v) is 3.51. The van der Waals surface area contributed by atoms with E-state index in [4.69, 9.17) is 16.3 Å². The highest BCUT2D eigenvalue weighted by molar-refractivity contribution is 6.31. The van der Waals surface area contributed by atoms with E-state index in [1.54, 1.807) is 6.07 Å². The van der Waals surface area contributed by atoms with E-state index in [0.717, 1.165) is 16.5 Å². The van der Waals surface area contributed by atoms with Crippen molar-refractivity contribution in [3.63, 3.8) is 0 Å². The van der Waals surface area contributed by atoms with Crippen molar-refractivity contribution in [3.05, 3.63) is 77.1 Å². The van der Waals surface area contributed by atoms with Crippen molar-refractivity contribution < 1.29 is 9.13 Å². The lowest BCUT2D eigenvalue weighted by Crippen LogP contribution is -1.97. The predicted molar refractivity (Wildman–Crippen MR) is 79.7 cm³/mol. The van der Waals surface area contributed by atoms with Crippen molar-refractivity contribution in [3.8, 4) is 5.75 Å². The minimum atomic E-state index is -0.314. The van der Waals surface area contributed by atoms with Crippen LogP contribution in [-0.2, 0) is 6.61 Å². The Kier molecular flexibility index (Phi) is 3.57. The van der Waals surface area contributed by atoms with E-state index in [1.807, 2.05) is 42.5 Å². The standard InChI is InChI=1S/C17H12ClFO/c18-16-9-8-14(19)10-13(16)11-20-17-7-3-5-12-4-1-2-6-15(12)17/h1-10H,11H2. The van der Waals surface area contributed by atoms with E-state index in [-0.39, 0.29) is 12.4 Å². The van der Waals surface area contributed by atoms with Crippen LogP contribution in [0.5, 0.6) is 5.75 Å². The molecule has 0 fully saturated rings. The van der Waals surface area contributed by atoms with Crippen LogP contribution in [0.3, 0.4) is 0 Å². The Labute approximate surface area is 121 Å². The zero-order chi connectivity index (χ0) is 13.9. The topological polar surface area (TPSA) is 9.23 Å². The molecule has 0 atom stereocenters.